The van der Waals surface area contributed by atoms with E-state index in [1.165, 1.54) is 4.90 Å². The van der Waals surface area contributed by atoms with E-state index in [0.717, 1.165) is 22.4 Å². The lowest BCUT2D eigenvalue weighted by molar-refractivity contribution is -0.121. The third kappa shape index (κ3) is 4.28. The fourth-order valence-electron chi connectivity index (χ4n) is 3.94. The van der Waals surface area contributed by atoms with Crippen molar-refractivity contribution in [2.75, 3.05) is 37.8 Å². The Hall–Kier alpha value is -3.12. The second-order valence-corrected chi connectivity index (χ2v) is 8.77. The molecule has 2 amide bonds. The number of hydrogen-bond donors (Lipinski definition) is 0. The Bertz CT molecular complexity index is 1050. The smallest absolute Gasteiger partial charge is 0.282 e. The van der Waals surface area contributed by atoms with Crippen LogP contribution in [0.2, 0.25) is 0 Å². The zero-order valence-corrected chi connectivity index (χ0v) is 19.2. The second-order valence-electron chi connectivity index (χ2n) is 8.77. The largest absolute Gasteiger partial charge is 0.493 e. The van der Waals surface area contributed by atoms with Crippen molar-refractivity contribution < 1.29 is 19.1 Å². The normalized spacial score (nSPS) is 17.0. The molecule has 4 rings (SSSR count). The monoisotopic (exact) mass is 434 g/mol. The van der Waals surface area contributed by atoms with Crippen molar-refractivity contribution in [1.29, 1.82) is 0 Å². The summed E-state index contributed by atoms with van der Waals surface area (Å²) >= 11 is 0. The van der Waals surface area contributed by atoms with Crippen LogP contribution in [-0.2, 0) is 14.3 Å². The molecule has 0 unspecified atom stereocenters. The molecule has 0 bridgehead atoms. The molecular formula is C26H30N2O4. The van der Waals surface area contributed by atoms with Gasteiger partial charge < -0.3 is 14.4 Å². The molecule has 1 saturated heterocycles. The van der Waals surface area contributed by atoms with Crippen molar-refractivity contribution in [2.24, 2.45) is 5.92 Å². The van der Waals surface area contributed by atoms with Gasteiger partial charge in [-0.05, 0) is 60.7 Å². The van der Waals surface area contributed by atoms with Crippen molar-refractivity contribution in [3.05, 3.63) is 64.9 Å². The van der Waals surface area contributed by atoms with E-state index < -0.39 is 0 Å². The molecule has 168 valence electrons. The molecule has 0 atom stereocenters. The first-order valence-electron chi connectivity index (χ1n) is 11.1. The number of nitrogens with zero attached hydrogens (tertiary/aromatic N) is 2. The lowest BCUT2D eigenvalue weighted by Crippen LogP contribution is -2.40. The van der Waals surface area contributed by atoms with Crippen LogP contribution in [0.3, 0.4) is 0 Å². The van der Waals surface area contributed by atoms with E-state index in [0.29, 0.717) is 55.8 Å². The third-order valence-corrected chi connectivity index (χ3v) is 5.86. The van der Waals surface area contributed by atoms with Crippen LogP contribution >= 0.6 is 0 Å². The van der Waals surface area contributed by atoms with E-state index in [9.17, 15) is 9.59 Å². The summed E-state index contributed by atoms with van der Waals surface area (Å²) in [7, 11) is 0. The molecule has 0 saturated carbocycles. The summed E-state index contributed by atoms with van der Waals surface area (Å²) < 4.78 is 11.2. The van der Waals surface area contributed by atoms with Crippen LogP contribution in [-0.4, -0.2) is 49.6 Å². The molecule has 0 radical (unpaired) electrons. The van der Waals surface area contributed by atoms with Gasteiger partial charge in [-0.3, -0.25) is 9.59 Å². The van der Waals surface area contributed by atoms with Crippen LogP contribution in [0, 0.1) is 19.8 Å². The molecule has 32 heavy (non-hydrogen) atoms. The van der Waals surface area contributed by atoms with Crippen LogP contribution in [0.15, 0.2) is 48.2 Å². The Balaban J connectivity index is 1.71. The van der Waals surface area contributed by atoms with Gasteiger partial charge in [-0.25, -0.2) is 4.90 Å². The van der Waals surface area contributed by atoms with E-state index in [4.69, 9.17) is 9.47 Å². The highest BCUT2D eigenvalue weighted by molar-refractivity contribution is 6.45. The molecule has 6 heteroatoms. The van der Waals surface area contributed by atoms with Gasteiger partial charge in [-0.2, -0.15) is 0 Å². The van der Waals surface area contributed by atoms with Gasteiger partial charge in [-0.15, -0.1) is 0 Å². The predicted molar refractivity (Wildman–Crippen MR) is 124 cm³/mol. The zero-order valence-electron chi connectivity index (χ0n) is 19.2. The molecule has 1 fully saturated rings. The Morgan fingerprint density at radius 1 is 0.938 bits per heavy atom. The Morgan fingerprint density at radius 2 is 1.62 bits per heavy atom. The Morgan fingerprint density at radius 3 is 2.25 bits per heavy atom. The lowest BCUT2D eigenvalue weighted by atomic mass is 9.99. The average molecular weight is 435 g/mol. The highest BCUT2D eigenvalue weighted by Crippen LogP contribution is 2.36. The molecule has 0 aliphatic carbocycles. The minimum atomic E-state index is -0.296. The topological polar surface area (TPSA) is 59.1 Å². The van der Waals surface area contributed by atoms with Gasteiger partial charge >= 0.3 is 0 Å². The number of anilines is 1. The maximum atomic E-state index is 13.6. The van der Waals surface area contributed by atoms with E-state index in [1.54, 1.807) is 24.3 Å². The Labute approximate surface area is 189 Å². The SMILES string of the molecule is Cc1ccc(C2=C(N3CCOCC3)C(=O)N(c3ccc(OCC(C)C)cc3)C2=O)cc1C. The highest BCUT2D eigenvalue weighted by atomic mass is 16.5. The van der Waals surface area contributed by atoms with Crippen LogP contribution in [0.1, 0.15) is 30.5 Å². The van der Waals surface area contributed by atoms with Gasteiger partial charge in [0.1, 0.15) is 11.4 Å². The maximum absolute atomic E-state index is 13.6. The molecule has 2 aromatic rings. The van der Waals surface area contributed by atoms with E-state index >= 15 is 0 Å². The predicted octanol–water partition coefficient (Wildman–Crippen LogP) is 3.95. The molecule has 2 aliphatic heterocycles. The fraction of sp³-hybridized carbons (Fsp3) is 0.385. The Kier molecular flexibility index (Phi) is 6.33. The number of aryl methyl sites for hydroxylation is 2. The second kappa shape index (κ2) is 9.17. The molecular weight excluding hydrogens is 404 g/mol. The van der Waals surface area contributed by atoms with Crippen molar-refractivity contribution in [3.63, 3.8) is 0 Å². The third-order valence-electron chi connectivity index (χ3n) is 5.86. The quantitative estimate of drug-likeness (QED) is 0.645. The number of morpholine rings is 1. The summed E-state index contributed by atoms with van der Waals surface area (Å²) in [6.07, 6.45) is 0. The first-order chi connectivity index (χ1) is 15.4. The fourth-order valence-corrected chi connectivity index (χ4v) is 3.94. The summed E-state index contributed by atoms with van der Waals surface area (Å²) in [4.78, 5) is 30.5. The van der Waals surface area contributed by atoms with E-state index in [2.05, 4.69) is 13.8 Å². The number of hydrogen-bond acceptors (Lipinski definition) is 5. The summed E-state index contributed by atoms with van der Waals surface area (Å²) in [5.74, 6) is 0.547. The summed E-state index contributed by atoms with van der Waals surface area (Å²) in [6, 6.07) is 13.1. The number of rotatable bonds is 6. The number of imide groups is 1. The lowest BCUT2D eigenvalue weighted by Gasteiger charge is -2.29. The molecule has 2 aromatic carbocycles. The van der Waals surface area contributed by atoms with Gasteiger partial charge in [0, 0.05) is 13.1 Å². The summed E-state index contributed by atoms with van der Waals surface area (Å²) in [5, 5.41) is 0. The van der Waals surface area contributed by atoms with Crippen molar-refractivity contribution >= 4 is 23.1 Å². The number of amides is 2. The van der Waals surface area contributed by atoms with Gasteiger partial charge in [0.25, 0.3) is 11.8 Å². The zero-order chi connectivity index (χ0) is 22.8. The molecule has 2 heterocycles. The summed E-state index contributed by atoms with van der Waals surface area (Å²) in [6.45, 7) is 11.1. The van der Waals surface area contributed by atoms with Crippen molar-refractivity contribution in [3.8, 4) is 5.75 Å². The number of benzene rings is 2. The minimum absolute atomic E-state index is 0.291. The van der Waals surface area contributed by atoms with E-state index in [1.807, 2.05) is 36.9 Å². The van der Waals surface area contributed by atoms with Crippen LogP contribution in [0.4, 0.5) is 5.69 Å². The van der Waals surface area contributed by atoms with Gasteiger partial charge in [-0.1, -0.05) is 32.0 Å². The van der Waals surface area contributed by atoms with Crippen LogP contribution in [0.25, 0.3) is 5.57 Å². The van der Waals surface area contributed by atoms with Crippen LogP contribution < -0.4 is 9.64 Å². The van der Waals surface area contributed by atoms with Gasteiger partial charge in [0.15, 0.2) is 0 Å². The number of carbonyl (C=O) groups excluding carboxylic acids is 2. The summed E-state index contributed by atoms with van der Waals surface area (Å²) in [5.41, 5.74) is 4.46. The first-order valence-corrected chi connectivity index (χ1v) is 11.1. The van der Waals surface area contributed by atoms with Gasteiger partial charge in [0.05, 0.1) is 31.1 Å². The molecule has 6 nitrogen and oxygen atoms in total. The maximum Gasteiger partial charge on any atom is 0.282 e. The molecule has 0 N–H and O–H groups in total. The number of ether oxygens (including phenoxy) is 2. The van der Waals surface area contributed by atoms with Crippen molar-refractivity contribution in [1.82, 2.24) is 4.90 Å². The standard InChI is InChI=1S/C26H30N2O4/c1-17(2)16-32-22-9-7-21(8-10-22)28-25(29)23(20-6-5-18(3)19(4)15-20)24(26(28)30)27-11-13-31-14-12-27/h5-10,15,17H,11-14,16H2,1-4H3. The molecule has 0 aromatic heterocycles. The molecule has 0 spiro atoms. The van der Waals surface area contributed by atoms with Crippen LogP contribution in [0.5, 0.6) is 5.75 Å². The van der Waals surface area contributed by atoms with Crippen molar-refractivity contribution in [2.45, 2.75) is 27.7 Å². The first kappa shape index (κ1) is 22.1. The molecule has 2 aliphatic rings. The highest BCUT2D eigenvalue weighted by Gasteiger charge is 2.42. The van der Waals surface area contributed by atoms with Gasteiger partial charge in [0.2, 0.25) is 0 Å². The average Bonchev–Trinajstić information content (AvgIpc) is 3.05. The van der Waals surface area contributed by atoms with E-state index in [-0.39, 0.29) is 11.8 Å². The minimum Gasteiger partial charge on any atom is -0.493 e. The number of carbonyl (C=O) groups is 2.